The van der Waals surface area contributed by atoms with Gasteiger partial charge in [-0.1, -0.05) is 18.2 Å². The fourth-order valence-corrected chi connectivity index (χ4v) is 2.24. The molecule has 3 heteroatoms. The third-order valence-corrected chi connectivity index (χ3v) is 3.36. The number of rotatable bonds is 3. The van der Waals surface area contributed by atoms with Crippen molar-refractivity contribution in [2.45, 2.75) is 20.3 Å². The summed E-state index contributed by atoms with van der Waals surface area (Å²) in [7, 11) is 1.63. The summed E-state index contributed by atoms with van der Waals surface area (Å²) in [6.07, 6.45) is 2.73. The molecule has 0 amide bonds. The second kappa shape index (κ2) is 3.91. The number of carboxylic acids is 1. The highest BCUT2D eigenvalue weighted by Gasteiger charge is 2.36. The molecule has 3 nitrogen and oxygen atoms in total. The van der Waals surface area contributed by atoms with Crippen LogP contribution in [0.3, 0.4) is 0 Å². The van der Waals surface area contributed by atoms with Gasteiger partial charge in [0.15, 0.2) is 0 Å². The average molecular weight is 232 g/mol. The molecule has 0 fully saturated rings. The predicted molar refractivity (Wildman–Crippen MR) is 66.1 cm³/mol. The molecule has 2 rings (SSSR count). The van der Waals surface area contributed by atoms with E-state index in [9.17, 15) is 9.90 Å². The van der Waals surface area contributed by atoms with Crippen molar-refractivity contribution in [3.05, 3.63) is 35.4 Å². The number of carboxylic acid groups (broad SMARTS) is 1. The normalized spacial score (nSPS) is 14.2. The summed E-state index contributed by atoms with van der Waals surface area (Å²) in [5.74, 6) is 0.0226. The van der Waals surface area contributed by atoms with Crippen molar-refractivity contribution in [1.82, 2.24) is 0 Å². The maximum Gasteiger partial charge on any atom is 0.313 e. The summed E-state index contributed by atoms with van der Waals surface area (Å²) in [6.45, 7) is 3.46. The van der Waals surface area contributed by atoms with Gasteiger partial charge in [-0.3, -0.25) is 4.79 Å². The maximum absolute atomic E-state index is 11.3. The number of aliphatic carboxylic acids is 1. The van der Waals surface area contributed by atoms with E-state index in [0.29, 0.717) is 0 Å². The zero-order valence-electron chi connectivity index (χ0n) is 10.3. The van der Waals surface area contributed by atoms with Gasteiger partial charge in [0.25, 0.3) is 0 Å². The van der Waals surface area contributed by atoms with Gasteiger partial charge in [-0.15, -0.1) is 0 Å². The van der Waals surface area contributed by atoms with Crippen molar-refractivity contribution < 1.29 is 14.6 Å². The highest BCUT2D eigenvalue weighted by molar-refractivity contribution is 5.93. The van der Waals surface area contributed by atoms with Crippen LogP contribution in [-0.2, 0) is 11.2 Å². The van der Waals surface area contributed by atoms with Crippen LogP contribution < -0.4 is 4.74 Å². The molecule has 1 aliphatic rings. The molecule has 1 aliphatic carbocycles. The lowest BCUT2D eigenvalue weighted by Crippen LogP contribution is -2.24. The Bertz CT molecular complexity index is 498. The minimum Gasteiger partial charge on any atom is -0.496 e. The number of benzene rings is 1. The van der Waals surface area contributed by atoms with Crippen LogP contribution in [0.1, 0.15) is 25.0 Å². The summed E-state index contributed by atoms with van der Waals surface area (Å²) in [5, 5.41) is 9.28. The van der Waals surface area contributed by atoms with Gasteiger partial charge in [-0.05, 0) is 37.5 Å². The highest BCUT2D eigenvalue weighted by atomic mass is 16.5. The first-order chi connectivity index (χ1) is 7.98. The summed E-state index contributed by atoms with van der Waals surface area (Å²) < 4.78 is 5.30. The lowest BCUT2D eigenvalue weighted by atomic mass is 9.81. The third-order valence-electron chi connectivity index (χ3n) is 3.36. The summed E-state index contributed by atoms with van der Waals surface area (Å²) in [5.41, 5.74) is 2.09. The molecule has 1 aromatic carbocycles. The smallest absolute Gasteiger partial charge is 0.313 e. The Labute approximate surface area is 101 Å². The zero-order valence-corrected chi connectivity index (χ0v) is 10.3. The Hall–Kier alpha value is -1.77. The zero-order chi connectivity index (χ0) is 12.6. The average Bonchev–Trinajstić information content (AvgIpc) is 2.72. The Kier molecular flexibility index (Phi) is 2.69. The van der Waals surface area contributed by atoms with Crippen LogP contribution in [0, 0.1) is 5.41 Å². The number of methoxy groups -OCH3 is 1. The SMILES string of the molecule is COc1cccc2c1CC=C2C(C)(C)C(=O)O. The molecule has 0 saturated heterocycles. The van der Waals surface area contributed by atoms with E-state index >= 15 is 0 Å². The van der Waals surface area contributed by atoms with E-state index in [1.165, 1.54) is 0 Å². The van der Waals surface area contributed by atoms with E-state index in [1.807, 2.05) is 24.3 Å². The molecule has 0 atom stereocenters. The van der Waals surface area contributed by atoms with Gasteiger partial charge in [-0.25, -0.2) is 0 Å². The van der Waals surface area contributed by atoms with Crippen LogP contribution in [0.5, 0.6) is 5.75 Å². The minimum atomic E-state index is -0.863. The first kappa shape index (κ1) is 11.7. The predicted octanol–water partition coefficient (Wildman–Crippen LogP) is 2.75. The van der Waals surface area contributed by atoms with E-state index < -0.39 is 11.4 Å². The molecule has 0 radical (unpaired) electrons. The molecule has 17 heavy (non-hydrogen) atoms. The summed E-state index contributed by atoms with van der Waals surface area (Å²) in [6, 6.07) is 5.76. The number of allylic oxidation sites excluding steroid dienone is 1. The van der Waals surface area contributed by atoms with Crippen molar-refractivity contribution in [1.29, 1.82) is 0 Å². The molecule has 0 heterocycles. The Balaban J connectivity index is 2.50. The number of hydrogen-bond acceptors (Lipinski definition) is 2. The second-order valence-corrected chi connectivity index (χ2v) is 4.74. The number of fused-ring (bicyclic) bond motifs is 1. The molecular weight excluding hydrogens is 216 g/mol. The standard InChI is InChI=1S/C14H16O3/c1-14(2,13(15)16)11-8-7-10-9(11)5-4-6-12(10)17-3/h4-6,8H,7H2,1-3H3,(H,15,16). The quantitative estimate of drug-likeness (QED) is 0.871. The number of carbonyl (C=O) groups is 1. The fraction of sp³-hybridized carbons (Fsp3) is 0.357. The molecule has 1 N–H and O–H groups in total. The molecule has 0 aromatic heterocycles. The van der Waals surface area contributed by atoms with Gasteiger partial charge < -0.3 is 9.84 Å². The Morgan fingerprint density at radius 2 is 2.12 bits per heavy atom. The van der Waals surface area contributed by atoms with Crippen LogP contribution >= 0.6 is 0 Å². The van der Waals surface area contributed by atoms with Crippen molar-refractivity contribution in [3.63, 3.8) is 0 Å². The lowest BCUT2D eigenvalue weighted by Gasteiger charge is -2.22. The molecular formula is C14H16O3. The molecule has 1 aromatic rings. The molecule has 0 aliphatic heterocycles. The lowest BCUT2D eigenvalue weighted by molar-refractivity contribution is -0.143. The van der Waals surface area contributed by atoms with Crippen molar-refractivity contribution in [2.24, 2.45) is 5.41 Å². The van der Waals surface area contributed by atoms with E-state index in [1.54, 1.807) is 21.0 Å². The topological polar surface area (TPSA) is 46.5 Å². The van der Waals surface area contributed by atoms with Crippen molar-refractivity contribution in [2.75, 3.05) is 7.11 Å². The molecule has 0 spiro atoms. The van der Waals surface area contributed by atoms with Crippen LogP contribution in [0.4, 0.5) is 0 Å². The van der Waals surface area contributed by atoms with Crippen LogP contribution in [-0.4, -0.2) is 18.2 Å². The van der Waals surface area contributed by atoms with E-state index in [2.05, 4.69) is 0 Å². The van der Waals surface area contributed by atoms with E-state index in [0.717, 1.165) is 28.9 Å². The first-order valence-electron chi connectivity index (χ1n) is 5.58. The second-order valence-electron chi connectivity index (χ2n) is 4.74. The van der Waals surface area contributed by atoms with Crippen molar-refractivity contribution >= 4 is 11.5 Å². The summed E-state index contributed by atoms with van der Waals surface area (Å²) in [4.78, 5) is 11.3. The largest absolute Gasteiger partial charge is 0.496 e. The van der Waals surface area contributed by atoms with Crippen LogP contribution in [0.15, 0.2) is 24.3 Å². The van der Waals surface area contributed by atoms with Gasteiger partial charge in [-0.2, -0.15) is 0 Å². The first-order valence-corrected chi connectivity index (χ1v) is 5.58. The number of ether oxygens (including phenoxy) is 1. The molecule has 0 saturated carbocycles. The van der Waals surface area contributed by atoms with Gasteiger partial charge in [0.05, 0.1) is 12.5 Å². The minimum absolute atomic E-state index is 0.741. The van der Waals surface area contributed by atoms with Gasteiger partial charge in [0.2, 0.25) is 0 Å². The summed E-state index contributed by atoms with van der Waals surface area (Å²) >= 11 is 0. The van der Waals surface area contributed by atoms with E-state index in [-0.39, 0.29) is 0 Å². The van der Waals surface area contributed by atoms with Gasteiger partial charge in [0.1, 0.15) is 5.75 Å². The molecule has 0 bridgehead atoms. The van der Waals surface area contributed by atoms with Gasteiger partial charge >= 0.3 is 5.97 Å². The third kappa shape index (κ3) is 1.71. The molecule has 0 unspecified atom stereocenters. The van der Waals surface area contributed by atoms with E-state index in [4.69, 9.17) is 4.74 Å². The van der Waals surface area contributed by atoms with Crippen LogP contribution in [0.2, 0.25) is 0 Å². The molecule has 90 valence electrons. The monoisotopic (exact) mass is 232 g/mol. The maximum atomic E-state index is 11.3. The Morgan fingerprint density at radius 3 is 2.71 bits per heavy atom. The van der Waals surface area contributed by atoms with Gasteiger partial charge in [0, 0.05) is 5.56 Å². The Morgan fingerprint density at radius 1 is 1.41 bits per heavy atom. The fourth-order valence-electron chi connectivity index (χ4n) is 2.24. The number of hydrogen-bond donors (Lipinski definition) is 1. The van der Waals surface area contributed by atoms with Crippen molar-refractivity contribution in [3.8, 4) is 5.75 Å². The highest BCUT2D eigenvalue weighted by Crippen LogP contribution is 2.43. The van der Waals surface area contributed by atoms with Crippen LogP contribution in [0.25, 0.3) is 5.57 Å².